The van der Waals surface area contributed by atoms with Gasteiger partial charge in [-0.2, -0.15) is 4.72 Å². The summed E-state index contributed by atoms with van der Waals surface area (Å²) in [5.74, 6) is -1.20. The van der Waals surface area contributed by atoms with E-state index in [1.807, 2.05) is 30.3 Å². The highest BCUT2D eigenvalue weighted by Crippen LogP contribution is 2.58. The minimum absolute atomic E-state index is 0.0246. The van der Waals surface area contributed by atoms with Crippen LogP contribution in [-0.2, 0) is 20.2 Å². The fraction of sp³-hybridized carbons (Fsp3) is 0.190. The van der Waals surface area contributed by atoms with Crippen LogP contribution in [0.1, 0.15) is 18.9 Å². The summed E-state index contributed by atoms with van der Waals surface area (Å²) >= 11 is 13.1. The SMILES string of the molecule is C[C@]1(c2ccccc2)C[C@@]1(NS(=O)(=O)c1ccc(-c2cc(Cl)cc(Cl)c2)s1)C(=O)O. The number of halogens is 2. The average molecular weight is 482 g/mol. The van der Waals surface area contributed by atoms with Crippen LogP contribution in [0.4, 0.5) is 0 Å². The number of rotatable bonds is 6. The van der Waals surface area contributed by atoms with E-state index in [0.29, 0.717) is 20.5 Å². The topological polar surface area (TPSA) is 83.5 Å². The molecule has 4 rings (SSSR count). The van der Waals surface area contributed by atoms with Gasteiger partial charge in [0.25, 0.3) is 10.0 Å². The van der Waals surface area contributed by atoms with Crippen molar-refractivity contribution >= 4 is 50.5 Å². The zero-order valence-electron chi connectivity index (χ0n) is 15.7. The third kappa shape index (κ3) is 3.55. The summed E-state index contributed by atoms with van der Waals surface area (Å²) in [5, 5.41) is 10.8. The Kier molecular flexibility index (Phi) is 5.23. The fourth-order valence-corrected chi connectivity index (χ4v) is 7.02. The lowest BCUT2D eigenvalue weighted by Gasteiger charge is -2.20. The maximum Gasteiger partial charge on any atom is 0.325 e. The molecule has 30 heavy (non-hydrogen) atoms. The van der Waals surface area contributed by atoms with E-state index in [-0.39, 0.29) is 10.6 Å². The third-order valence-corrected chi connectivity index (χ3v) is 9.07. The number of aliphatic carboxylic acids is 1. The van der Waals surface area contributed by atoms with Gasteiger partial charge in [-0.3, -0.25) is 4.79 Å². The first kappa shape index (κ1) is 21.3. The molecule has 156 valence electrons. The highest BCUT2D eigenvalue weighted by Gasteiger charge is 2.72. The molecule has 5 nitrogen and oxygen atoms in total. The van der Waals surface area contributed by atoms with Crippen LogP contribution in [0.15, 0.2) is 64.9 Å². The van der Waals surface area contributed by atoms with Gasteiger partial charge in [-0.25, -0.2) is 8.42 Å². The van der Waals surface area contributed by atoms with Crippen LogP contribution in [0.2, 0.25) is 10.0 Å². The predicted molar refractivity (Wildman–Crippen MR) is 119 cm³/mol. The first-order valence-corrected chi connectivity index (χ1v) is 12.0. The minimum atomic E-state index is -4.07. The Labute approximate surface area is 188 Å². The number of hydrogen-bond donors (Lipinski definition) is 2. The molecule has 0 aliphatic heterocycles. The largest absolute Gasteiger partial charge is 0.480 e. The van der Waals surface area contributed by atoms with Crippen LogP contribution in [0.5, 0.6) is 0 Å². The molecular weight excluding hydrogens is 465 g/mol. The molecule has 1 fully saturated rings. The summed E-state index contributed by atoms with van der Waals surface area (Å²) in [6.45, 7) is 1.76. The standard InChI is InChI=1S/C21H17Cl2NO4S2/c1-20(14-5-3-2-4-6-14)12-21(20,19(25)26)24-30(27,28)18-8-7-17(29-18)13-9-15(22)11-16(23)10-13/h2-11,24H,12H2,1H3,(H,25,26)/t20-,21-/m1/s1. The lowest BCUT2D eigenvalue weighted by molar-refractivity contribution is -0.140. The summed E-state index contributed by atoms with van der Waals surface area (Å²) in [6, 6.07) is 17.1. The van der Waals surface area contributed by atoms with E-state index < -0.39 is 26.9 Å². The Morgan fingerprint density at radius 1 is 1.07 bits per heavy atom. The normalized spacial score (nSPS) is 23.3. The number of hydrogen-bond acceptors (Lipinski definition) is 4. The van der Waals surface area contributed by atoms with Crippen molar-refractivity contribution in [2.45, 2.75) is 28.5 Å². The Bertz CT molecular complexity index is 1220. The molecule has 1 saturated carbocycles. The molecule has 1 aromatic heterocycles. The number of carboxylic acid groups (broad SMARTS) is 1. The van der Waals surface area contributed by atoms with Crippen LogP contribution < -0.4 is 4.72 Å². The van der Waals surface area contributed by atoms with Gasteiger partial charge in [0, 0.05) is 20.3 Å². The van der Waals surface area contributed by atoms with Crippen molar-refractivity contribution in [1.82, 2.24) is 4.72 Å². The van der Waals surface area contributed by atoms with Crippen LogP contribution in [0, 0.1) is 0 Å². The molecule has 3 aromatic rings. The van der Waals surface area contributed by atoms with Gasteiger partial charge in [0.1, 0.15) is 9.75 Å². The predicted octanol–water partition coefficient (Wildman–Crippen LogP) is 5.19. The highest BCUT2D eigenvalue weighted by atomic mass is 35.5. The van der Waals surface area contributed by atoms with Crippen molar-refractivity contribution in [2.75, 3.05) is 0 Å². The lowest BCUT2D eigenvalue weighted by atomic mass is 9.93. The Morgan fingerprint density at radius 2 is 1.70 bits per heavy atom. The molecule has 0 radical (unpaired) electrons. The van der Waals surface area contributed by atoms with Gasteiger partial charge in [0.05, 0.1) is 0 Å². The number of carbonyl (C=O) groups is 1. The maximum absolute atomic E-state index is 13.1. The van der Waals surface area contributed by atoms with Crippen molar-refractivity contribution in [3.05, 3.63) is 76.3 Å². The summed E-state index contributed by atoms with van der Waals surface area (Å²) in [7, 11) is -4.07. The number of nitrogens with one attached hydrogen (secondary N) is 1. The van der Waals surface area contributed by atoms with Crippen molar-refractivity contribution in [1.29, 1.82) is 0 Å². The zero-order valence-corrected chi connectivity index (χ0v) is 18.9. The molecule has 0 saturated heterocycles. The molecule has 1 aliphatic carbocycles. The van der Waals surface area contributed by atoms with Crippen molar-refractivity contribution in [3.8, 4) is 10.4 Å². The summed E-state index contributed by atoms with van der Waals surface area (Å²) < 4.78 is 28.6. The molecule has 0 spiro atoms. The smallest absolute Gasteiger partial charge is 0.325 e. The molecule has 0 unspecified atom stereocenters. The molecule has 2 aromatic carbocycles. The van der Waals surface area contributed by atoms with E-state index in [9.17, 15) is 18.3 Å². The van der Waals surface area contributed by atoms with Gasteiger partial charge in [-0.1, -0.05) is 60.5 Å². The first-order valence-electron chi connectivity index (χ1n) is 8.97. The molecular formula is C21H17Cl2NO4S2. The van der Waals surface area contributed by atoms with Crippen LogP contribution in [-0.4, -0.2) is 25.0 Å². The van der Waals surface area contributed by atoms with Gasteiger partial charge in [0.15, 0.2) is 0 Å². The number of benzene rings is 2. The summed E-state index contributed by atoms with van der Waals surface area (Å²) in [4.78, 5) is 12.8. The Morgan fingerprint density at radius 3 is 2.30 bits per heavy atom. The van der Waals surface area contributed by atoms with E-state index in [1.54, 1.807) is 31.2 Å². The highest BCUT2D eigenvalue weighted by molar-refractivity contribution is 7.91. The van der Waals surface area contributed by atoms with E-state index in [4.69, 9.17) is 23.2 Å². The fourth-order valence-electron chi connectivity index (χ4n) is 3.74. The molecule has 2 atom stereocenters. The summed E-state index contributed by atoms with van der Waals surface area (Å²) in [5.41, 5.74) is -0.979. The van der Waals surface area contributed by atoms with Crippen LogP contribution in [0.25, 0.3) is 10.4 Å². The quantitative estimate of drug-likeness (QED) is 0.507. The van der Waals surface area contributed by atoms with Gasteiger partial charge >= 0.3 is 5.97 Å². The van der Waals surface area contributed by atoms with Crippen molar-refractivity contribution < 1.29 is 18.3 Å². The molecule has 0 bridgehead atoms. The monoisotopic (exact) mass is 481 g/mol. The Balaban J connectivity index is 1.66. The van der Waals surface area contributed by atoms with Crippen molar-refractivity contribution in [3.63, 3.8) is 0 Å². The molecule has 0 amide bonds. The van der Waals surface area contributed by atoms with Gasteiger partial charge in [0.2, 0.25) is 0 Å². The second kappa shape index (κ2) is 7.35. The van der Waals surface area contributed by atoms with Crippen LogP contribution in [0.3, 0.4) is 0 Å². The zero-order chi connectivity index (χ0) is 21.7. The van der Waals surface area contributed by atoms with E-state index >= 15 is 0 Å². The first-order chi connectivity index (χ1) is 14.1. The van der Waals surface area contributed by atoms with E-state index in [1.165, 1.54) is 6.07 Å². The summed E-state index contributed by atoms with van der Waals surface area (Å²) in [6.07, 6.45) is 0.167. The maximum atomic E-state index is 13.1. The third-order valence-electron chi connectivity index (χ3n) is 5.51. The average Bonchev–Trinajstić information content (AvgIpc) is 3.04. The van der Waals surface area contributed by atoms with E-state index in [0.717, 1.165) is 16.9 Å². The molecule has 1 heterocycles. The second-order valence-electron chi connectivity index (χ2n) is 7.47. The molecule has 2 N–H and O–H groups in total. The van der Waals surface area contributed by atoms with E-state index in [2.05, 4.69) is 4.72 Å². The molecule has 1 aliphatic rings. The lowest BCUT2D eigenvalue weighted by Crippen LogP contribution is -2.47. The minimum Gasteiger partial charge on any atom is -0.480 e. The second-order valence-corrected chi connectivity index (χ2v) is 11.3. The number of sulfonamides is 1. The number of carboxylic acids is 1. The van der Waals surface area contributed by atoms with Crippen LogP contribution >= 0.6 is 34.5 Å². The van der Waals surface area contributed by atoms with Gasteiger partial charge in [-0.15, -0.1) is 11.3 Å². The number of thiophene rings is 1. The molecule has 9 heteroatoms. The van der Waals surface area contributed by atoms with Crippen molar-refractivity contribution in [2.24, 2.45) is 0 Å². The van der Waals surface area contributed by atoms with Gasteiger partial charge < -0.3 is 5.11 Å². The Hall–Kier alpha value is -1.90. The van der Waals surface area contributed by atoms with Gasteiger partial charge in [-0.05, 0) is 47.9 Å².